The number of esters is 1. The second kappa shape index (κ2) is 18.3. The van der Waals surface area contributed by atoms with Crippen LogP contribution >= 0.6 is 15.9 Å². The number of ether oxygens (including phenoxy) is 4. The lowest BCUT2D eigenvalue weighted by Crippen LogP contribution is -2.43. The van der Waals surface area contributed by atoms with Gasteiger partial charge < -0.3 is 23.5 Å². The van der Waals surface area contributed by atoms with E-state index in [4.69, 9.17) is 24.0 Å². The molecule has 4 aromatic carbocycles. The van der Waals surface area contributed by atoms with Crippen LogP contribution < -0.4 is 4.74 Å². The summed E-state index contributed by atoms with van der Waals surface area (Å²) in [7, 11) is 1.92. The standard InChI is InChI=1S/C48H55BrN4O7/c1-10-57-44(54)43-37(25-17-27-58-40-26-15-21-32-18-13-14-22-35(32)40)36-23-16-24-38(41-31(2)51(9)50-39(41)28-49)42(36)52(43)29-33-19-11-12-20-34(33)30-53(45(55)59-47(3,4)5)46(56)60-48(6,7)8/h11-16,18-24,26H,10,17,25,27-30H2,1-9H3. The normalized spacial score (nSPS) is 11.8. The number of fused-ring (bicyclic) bond motifs is 2. The first kappa shape index (κ1) is 43.9. The van der Waals surface area contributed by atoms with Crippen molar-refractivity contribution in [2.24, 2.45) is 7.05 Å². The molecule has 0 aliphatic heterocycles. The van der Waals surface area contributed by atoms with Gasteiger partial charge in [-0.2, -0.15) is 5.10 Å². The number of para-hydroxylation sites is 1. The molecule has 0 aliphatic carbocycles. The highest BCUT2D eigenvalue weighted by Gasteiger charge is 2.33. The first-order valence-corrected chi connectivity index (χ1v) is 21.4. The van der Waals surface area contributed by atoms with Gasteiger partial charge in [0, 0.05) is 46.5 Å². The number of aromatic nitrogens is 3. The summed E-state index contributed by atoms with van der Waals surface area (Å²) in [6, 6.07) is 27.9. The van der Waals surface area contributed by atoms with Crippen LogP contribution in [-0.4, -0.2) is 61.8 Å². The third-order valence-corrected chi connectivity index (χ3v) is 10.6. The maximum Gasteiger partial charge on any atom is 0.420 e. The monoisotopic (exact) mass is 878 g/mol. The SMILES string of the molecule is CCOC(=O)c1c(CCCOc2cccc3ccccc23)c2cccc(-c3c(CBr)nn(C)c3C)c2n1Cc1ccccc1CN(C(=O)OC(C)(C)C)C(=O)OC(C)(C)C. The third kappa shape index (κ3) is 9.87. The van der Waals surface area contributed by atoms with Gasteiger partial charge in [0.1, 0.15) is 22.6 Å². The summed E-state index contributed by atoms with van der Waals surface area (Å²) in [4.78, 5) is 42.6. The van der Waals surface area contributed by atoms with E-state index in [0.29, 0.717) is 36.0 Å². The Morgan fingerprint density at radius 3 is 2.08 bits per heavy atom. The number of alkyl halides is 1. The highest BCUT2D eigenvalue weighted by Crippen LogP contribution is 2.39. The number of amides is 2. The van der Waals surface area contributed by atoms with Crippen molar-refractivity contribution in [1.82, 2.24) is 19.2 Å². The van der Waals surface area contributed by atoms with Gasteiger partial charge in [-0.1, -0.05) is 94.8 Å². The van der Waals surface area contributed by atoms with Crippen molar-refractivity contribution in [2.45, 2.75) is 97.9 Å². The topological polar surface area (TPSA) is 114 Å². The number of halogens is 1. The van der Waals surface area contributed by atoms with Gasteiger partial charge in [0.05, 0.1) is 31.0 Å². The molecule has 6 rings (SSSR count). The van der Waals surface area contributed by atoms with Crippen LogP contribution in [0.3, 0.4) is 0 Å². The molecule has 2 aromatic heterocycles. The summed E-state index contributed by atoms with van der Waals surface area (Å²) in [5, 5.41) is 8.40. The molecule has 0 unspecified atom stereocenters. The molecular formula is C48H55BrN4O7. The van der Waals surface area contributed by atoms with Crippen molar-refractivity contribution in [2.75, 3.05) is 13.2 Å². The lowest BCUT2D eigenvalue weighted by molar-refractivity contribution is -0.000326. The number of nitrogens with zero attached hydrogens (tertiary/aromatic N) is 4. The van der Waals surface area contributed by atoms with E-state index < -0.39 is 29.4 Å². The number of benzene rings is 4. The Morgan fingerprint density at radius 1 is 0.800 bits per heavy atom. The summed E-state index contributed by atoms with van der Waals surface area (Å²) in [6.07, 6.45) is -0.505. The van der Waals surface area contributed by atoms with Crippen LogP contribution in [-0.2, 0) is 46.1 Å². The van der Waals surface area contributed by atoms with E-state index >= 15 is 0 Å². The van der Waals surface area contributed by atoms with E-state index in [-0.39, 0.29) is 19.7 Å². The van der Waals surface area contributed by atoms with Crippen molar-refractivity contribution in [1.29, 1.82) is 0 Å². The van der Waals surface area contributed by atoms with Gasteiger partial charge in [-0.3, -0.25) is 4.68 Å². The Labute approximate surface area is 360 Å². The molecule has 2 heterocycles. The summed E-state index contributed by atoms with van der Waals surface area (Å²) >= 11 is 3.67. The van der Waals surface area contributed by atoms with Gasteiger partial charge in [-0.05, 0) is 96.4 Å². The predicted octanol–water partition coefficient (Wildman–Crippen LogP) is 11.3. The lowest BCUT2D eigenvalue weighted by atomic mass is 9.98. The lowest BCUT2D eigenvalue weighted by Gasteiger charge is -2.29. The van der Waals surface area contributed by atoms with E-state index in [0.717, 1.165) is 66.0 Å². The van der Waals surface area contributed by atoms with Gasteiger partial charge >= 0.3 is 18.2 Å². The minimum Gasteiger partial charge on any atom is -0.493 e. The van der Waals surface area contributed by atoms with Crippen LogP contribution in [0.15, 0.2) is 84.9 Å². The number of imide groups is 1. The highest BCUT2D eigenvalue weighted by atomic mass is 79.9. The average molecular weight is 880 g/mol. The van der Waals surface area contributed by atoms with Gasteiger partial charge in [-0.25, -0.2) is 19.3 Å². The van der Waals surface area contributed by atoms with Crippen molar-refractivity contribution < 1.29 is 33.3 Å². The minimum absolute atomic E-state index is 0.130. The summed E-state index contributed by atoms with van der Waals surface area (Å²) < 4.78 is 27.5. The molecule has 6 aromatic rings. The number of hydrogen-bond donors (Lipinski definition) is 0. The maximum absolute atomic E-state index is 14.4. The Morgan fingerprint density at radius 2 is 1.42 bits per heavy atom. The first-order valence-electron chi connectivity index (χ1n) is 20.3. The Kier molecular flexibility index (Phi) is 13.4. The number of carbonyl (C=O) groups is 3. The molecule has 0 N–H and O–H groups in total. The molecule has 316 valence electrons. The largest absolute Gasteiger partial charge is 0.493 e. The molecule has 11 nitrogen and oxygen atoms in total. The molecule has 0 saturated heterocycles. The van der Waals surface area contributed by atoms with Crippen molar-refractivity contribution in [3.05, 3.63) is 119 Å². The third-order valence-electron chi connectivity index (χ3n) is 10.0. The van der Waals surface area contributed by atoms with Crippen molar-refractivity contribution >= 4 is 55.8 Å². The van der Waals surface area contributed by atoms with Crippen molar-refractivity contribution in [3.63, 3.8) is 0 Å². The molecule has 0 aliphatic rings. The molecule has 0 bridgehead atoms. The summed E-state index contributed by atoms with van der Waals surface area (Å²) in [5.41, 5.74) is 5.56. The number of rotatable bonds is 13. The number of aryl methyl sites for hydroxylation is 2. The fraction of sp³-hybridized carbons (Fsp3) is 0.375. The van der Waals surface area contributed by atoms with E-state index in [1.54, 1.807) is 48.5 Å². The molecule has 12 heteroatoms. The van der Waals surface area contributed by atoms with Crippen LogP contribution in [0.4, 0.5) is 9.59 Å². The Hall–Kier alpha value is -5.62. The summed E-state index contributed by atoms with van der Waals surface area (Å²) in [5.74, 6) is 0.357. The van der Waals surface area contributed by atoms with Crippen LogP contribution in [0, 0.1) is 6.92 Å². The fourth-order valence-electron chi connectivity index (χ4n) is 7.44. The molecule has 0 radical (unpaired) electrons. The fourth-order valence-corrected chi connectivity index (χ4v) is 7.84. The van der Waals surface area contributed by atoms with Gasteiger partial charge in [0.2, 0.25) is 0 Å². The Bertz CT molecular complexity index is 2490. The van der Waals surface area contributed by atoms with E-state index in [1.165, 1.54) is 0 Å². The van der Waals surface area contributed by atoms with E-state index in [9.17, 15) is 14.4 Å². The number of hydrogen-bond acceptors (Lipinski definition) is 8. The molecule has 2 amide bonds. The Balaban J connectivity index is 1.49. The van der Waals surface area contributed by atoms with Crippen LogP contribution in [0.5, 0.6) is 5.75 Å². The zero-order valence-corrected chi connectivity index (χ0v) is 37.6. The quantitative estimate of drug-likeness (QED) is 0.0488. The zero-order chi connectivity index (χ0) is 43.4. The summed E-state index contributed by atoms with van der Waals surface area (Å²) in [6.45, 7) is 15.0. The average Bonchev–Trinajstić information content (AvgIpc) is 3.66. The van der Waals surface area contributed by atoms with Crippen LogP contribution in [0.1, 0.15) is 93.5 Å². The maximum atomic E-state index is 14.4. The molecule has 0 atom stereocenters. The smallest absolute Gasteiger partial charge is 0.420 e. The molecule has 0 spiro atoms. The molecule has 60 heavy (non-hydrogen) atoms. The van der Waals surface area contributed by atoms with Gasteiger partial charge in [0.25, 0.3) is 0 Å². The van der Waals surface area contributed by atoms with Crippen LogP contribution in [0.2, 0.25) is 0 Å². The zero-order valence-electron chi connectivity index (χ0n) is 36.1. The second-order valence-electron chi connectivity index (χ2n) is 16.7. The van der Waals surface area contributed by atoms with Crippen molar-refractivity contribution in [3.8, 4) is 16.9 Å². The van der Waals surface area contributed by atoms with Gasteiger partial charge in [-0.15, -0.1) is 0 Å². The predicted molar refractivity (Wildman–Crippen MR) is 239 cm³/mol. The van der Waals surface area contributed by atoms with E-state index in [1.807, 2.05) is 77.8 Å². The number of carbonyl (C=O) groups excluding carboxylic acids is 3. The second-order valence-corrected chi connectivity index (χ2v) is 17.3. The van der Waals surface area contributed by atoms with Gasteiger partial charge in [0.15, 0.2) is 0 Å². The first-order chi connectivity index (χ1) is 28.5. The molecule has 0 saturated carbocycles. The van der Waals surface area contributed by atoms with E-state index in [2.05, 4.69) is 46.3 Å². The van der Waals surface area contributed by atoms with Crippen LogP contribution in [0.25, 0.3) is 32.8 Å². The highest BCUT2D eigenvalue weighted by molar-refractivity contribution is 9.08. The molecule has 0 fully saturated rings. The molecular weight excluding hydrogens is 824 g/mol. The minimum atomic E-state index is -0.861.